The zero-order valence-corrected chi connectivity index (χ0v) is 16.0. The number of hydrogen-bond donors (Lipinski definition) is 1. The first-order chi connectivity index (χ1) is 13.6. The Hall–Kier alpha value is -2.87. The number of ether oxygens (including phenoxy) is 2. The second-order valence-electron chi connectivity index (χ2n) is 7.77. The van der Waals surface area contributed by atoms with Crippen LogP contribution in [0.2, 0.25) is 0 Å². The highest BCUT2D eigenvalue weighted by molar-refractivity contribution is 6.05. The van der Waals surface area contributed by atoms with Crippen molar-refractivity contribution >= 4 is 5.71 Å². The molecule has 1 aliphatic carbocycles. The molecule has 1 fully saturated rings. The first kappa shape index (κ1) is 17.2. The van der Waals surface area contributed by atoms with Crippen molar-refractivity contribution in [2.45, 2.75) is 44.9 Å². The quantitative estimate of drug-likeness (QED) is 0.852. The van der Waals surface area contributed by atoms with Gasteiger partial charge >= 0.3 is 0 Å². The van der Waals surface area contributed by atoms with E-state index in [1.807, 2.05) is 44.3 Å². The van der Waals surface area contributed by atoms with Crippen molar-refractivity contribution in [1.82, 2.24) is 20.4 Å². The average Bonchev–Trinajstić information content (AvgIpc) is 3.23. The molecule has 0 amide bonds. The lowest BCUT2D eigenvalue weighted by Crippen LogP contribution is -2.42. The van der Waals surface area contributed by atoms with Crippen LogP contribution in [0.1, 0.15) is 39.0 Å². The molecule has 2 aromatic rings. The molecule has 8 heteroatoms. The van der Waals surface area contributed by atoms with Gasteiger partial charge in [-0.2, -0.15) is 4.98 Å². The monoisotopic (exact) mass is 381 g/mol. The first-order valence-corrected chi connectivity index (χ1v) is 9.62. The van der Waals surface area contributed by atoms with E-state index in [2.05, 4.69) is 25.3 Å². The molecule has 0 saturated heterocycles. The Morgan fingerprint density at radius 1 is 1.21 bits per heavy atom. The topological polar surface area (TPSA) is 85.0 Å². The first-order valence-electron chi connectivity index (χ1n) is 9.62. The van der Waals surface area contributed by atoms with Crippen LogP contribution in [0, 0.1) is 0 Å². The number of aliphatic imine (C=N–C) groups is 1. The number of hydrogen-bond acceptors (Lipinski definition) is 8. The molecule has 0 atom stereocenters. The van der Waals surface area contributed by atoms with E-state index < -0.39 is 5.79 Å². The normalized spacial score (nSPS) is 20.2. The molecule has 146 valence electrons. The summed E-state index contributed by atoms with van der Waals surface area (Å²) in [6.45, 7) is 5.12. The Morgan fingerprint density at radius 2 is 2.07 bits per heavy atom. The summed E-state index contributed by atoms with van der Waals surface area (Å²) in [7, 11) is 0. The minimum Gasteiger partial charge on any atom is -0.449 e. The molecule has 1 N–H and O–H groups in total. The molecule has 0 unspecified atom stereocenters. The van der Waals surface area contributed by atoms with Crippen LogP contribution >= 0.6 is 0 Å². The fourth-order valence-electron chi connectivity index (χ4n) is 3.35. The van der Waals surface area contributed by atoms with Crippen molar-refractivity contribution in [2.75, 3.05) is 13.3 Å². The van der Waals surface area contributed by atoms with E-state index in [-0.39, 0.29) is 0 Å². The molecule has 8 nitrogen and oxygen atoms in total. The highest BCUT2D eigenvalue weighted by Gasteiger charge is 2.32. The molecule has 1 aromatic heterocycles. The maximum absolute atomic E-state index is 5.79. The second-order valence-corrected chi connectivity index (χ2v) is 7.77. The van der Waals surface area contributed by atoms with E-state index in [0.29, 0.717) is 41.6 Å². The fraction of sp³-hybridized carbons (Fsp3) is 0.450. The number of aromatic nitrogens is 2. The molecule has 1 aromatic carbocycles. The van der Waals surface area contributed by atoms with Crippen LogP contribution < -0.4 is 14.8 Å². The molecule has 2 aliphatic heterocycles. The summed E-state index contributed by atoms with van der Waals surface area (Å²) >= 11 is 0. The molecule has 5 rings (SSSR count). The standard InChI is InChI=1S/C20H23N5O3/c1-20(2)26-16-7-6-13(10-17(16)27-20)18-23-19(28-24-18)15-8-9-25(12-22-15)11-21-14-4-3-5-14/h6-10,14,21H,3-5,11-12H2,1-2H3. The third-order valence-electron chi connectivity index (χ3n) is 5.11. The number of rotatable bonds is 5. The Bertz CT molecular complexity index is 945. The van der Waals surface area contributed by atoms with Crippen LogP contribution in [0.15, 0.2) is 40.0 Å². The van der Waals surface area contributed by atoms with Gasteiger partial charge in [0.2, 0.25) is 11.6 Å². The summed E-state index contributed by atoms with van der Waals surface area (Å²) in [6.07, 6.45) is 7.80. The molecular formula is C20H23N5O3. The minimum atomic E-state index is -0.662. The van der Waals surface area contributed by atoms with Gasteiger partial charge in [-0.05, 0) is 37.1 Å². The maximum Gasteiger partial charge on any atom is 0.276 e. The van der Waals surface area contributed by atoms with Crippen LogP contribution in [0.3, 0.4) is 0 Å². The van der Waals surface area contributed by atoms with E-state index >= 15 is 0 Å². The lowest BCUT2D eigenvalue weighted by atomic mass is 9.93. The summed E-state index contributed by atoms with van der Waals surface area (Å²) in [4.78, 5) is 11.2. The van der Waals surface area contributed by atoms with Crippen LogP contribution in [-0.4, -0.2) is 45.9 Å². The largest absolute Gasteiger partial charge is 0.449 e. The van der Waals surface area contributed by atoms with Crippen LogP contribution in [0.25, 0.3) is 11.4 Å². The zero-order chi connectivity index (χ0) is 19.1. The summed E-state index contributed by atoms with van der Waals surface area (Å²) in [5, 5.41) is 7.62. The van der Waals surface area contributed by atoms with E-state index in [1.54, 1.807) is 0 Å². The van der Waals surface area contributed by atoms with Gasteiger partial charge in [-0.15, -0.1) is 0 Å². The van der Waals surface area contributed by atoms with Crippen molar-refractivity contribution in [3.05, 3.63) is 36.4 Å². The van der Waals surface area contributed by atoms with E-state index in [1.165, 1.54) is 19.3 Å². The molecular weight excluding hydrogens is 358 g/mol. The number of benzene rings is 1. The van der Waals surface area contributed by atoms with Crippen molar-refractivity contribution in [1.29, 1.82) is 0 Å². The van der Waals surface area contributed by atoms with Gasteiger partial charge in [-0.25, -0.2) is 0 Å². The van der Waals surface area contributed by atoms with E-state index in [9.17, 15) is 0 Å². The SMILES string of the molecule is CC1(C)Oc2ccc(-c3noc(C4=NCN(CNC5CCC5)C=C4)n3)cc2O1. The number of fused-ring (bicyclic) bond motifs is 1. The van der Waals surface area contributed by atoms with Gasteiger partial charge in [0.05, 0.1) is 6.67 Å². The molecule has 28 heavy (non-hydrogen) atoms. The maximum atomic E-state index is 5.79. The van der Waals surface area contributed by atoms with Gasteiger partial charge in [0.1, 0.15) is 12.4 Å². The number of nitrogens with one attached hydrogen (secondary N) is 1. The minimum absolute atomic E-state index is 0.413. The van der Waals surface area contributed by atoms with Crippen molar-refractivity contribution in [3.63, 3.8) is 0 Å². The predicted octanol–water partition coefficient (Wildman–Crippen LogP) is 2.92. The molecule has 3 heterocycles. The molecule has 1 saturated carbocycles. The fourth-order valence-corrected chi connectivity index (χ4v) is 3.35. The van der Waals surface area contributed by atoms with Crippen LogP contribution in [0.5, 0.6) is 11.5 Å². The highest BCUT2D eigenvalue weighted by Crippen LogP contribution is 2.41. The van der Waals surface area contributed by atoms with Gasteiger partial charge in [0, 0.05) is 31.7 Å². The van der Waals surface area contributed by atoms with Crippen molar-refractivity contribution in [2.24, 2.45) is 4.99 Å². The molecule has 0 spiro atoms. The van der Waals surface area contributed by atoms with Gasteiger partial charge < -0.3 is 18.9 Å². The molecule has 3 aliphatic rings. The Kier molecular flexibility index (Phi) is 4.08. The van der Waals surface area contributed by atoms with E-state index in [4.69, 9.17) is 14.0 Å². The third kappa shape index (κ3) is 3.35. The average molecular weight is 381 g/mol. The van der Waals surface area contributed by atoms with Gasteiger partial charge in [0.25, 0.3) is 5.89 Å². The second kappa shape index (κ2) is 6.63. The summed E-state index contributed by atoms with van der Waals surface area (Å²) in [5.41, 5.74) is 1.50. The third-order valence-corrected chi connectivity index (χ3v) is 5.11. The number of allylic oxidation sites excluding steroid dienone is 1. The smallest absolute Gasteiger partial charge is 0.276 e. The Balaban J connectivity index is 1.26. The molecule has 0 bridgehead atoms. The Morgan fingerprint density at radius 3 is 2.82 bits per heavy atom. The summed E-state index contributed by atoms with van der Waals surface area (Å²) < 4.78 is 16.9. The summed E-state index contributed by atoms with van der Waals surface area (Å²) in [5.74, 6) is 1.64. The van der Waals surface area contributed by atoms with Gasteiger partial charge in [-0.3, -0.25) is 10.3 Å². The predicted molar refractivity (Wildman–Crippen MR) is 103 cm³/mol. The number of nitrogens with zero attached hydrogens (tertiary/aromatic N) is 4. The van der Waals surface area contributed by atoms with Gasteiger partial charge in [-0.1, -0.05) is 11.6 Å². The van der Waals surface area contributed by atoms with Crippen LogP contribution in [-0.2, 0) is 0 Å². The van der Waals surface area contributed by atoms with E-state index in [0.717, 1.165) is 12.2 Å². The Labute approximate surface area is 163 Å². The lowest BCUT2D eigenvalue weighted by Gasteiger charge is -2.30. The zero-order valence-electron chi connectivity index (χ0n) is 16.0. The molecule has 0 radical (unpaired) electrons. The lowest BCUT2D eigenvalue weighted by molar-refractivity contribution is -0.0431. The van der Waals surface area contributed by atoms with Crippen LogP contribution in [0.4, 0.5) is 0 Å². The van der Waals surface area contributed by atoms with Crippen molar-refractivity contribution < 1.29 is 14.0 Å². The highest BCUT2D eigenvalue weighted by atomic mass is 16.7. The summed E-state index contributed by atoms with van der Waals surface area (Å²) in [6, 6.07) is 6.28. The van der Waals surface area contributed by atoms with Gasteiger partial charge in [0.15, 0.2) is 11.5 Å². The van der Waals surface area contributed by atoms with Crippen molar-refractivity contribution in [3.8, 4) is 22.9 Å².